The average Bonchev–Trinajstić information content (AvgIpc) is 2.49. The Kier molecular flexibility index (Phi) is 5.27. The van der Waals surface area contributed by atoms with Crippen molar-refractivity contribution in [2.45, 2.75) is 52.4 Å². The molecule has 3 heteroatoms. The van der Waals surface area contributed by atoms with Gasteiger partial charge in [-0.1, -0.05) is 26.7 Å². The van der Waals surface area contributed by atoms with Crippen molar-refractivity contribution in [3.8, 4) is 0 Å². The monoisotopic (exact) mass is 269 g/mol. The van der Waals surface area contributed by atoms with E-state index in [0.29, 0.717) is 12.0 Å². The normalized spacial score (nSPS) is 27.3. The number of aliphatic hydroxyl groups excluding tert-OH is 1. The molecule has 0 atom stereocenters. The van der Waals surface area contributed by atoms with Gasteiger partial charge in [0, 0.05) is 25.2 Å². The van der Waals surface area contributed by atoms with Crippen LogP contribution in [0.4, 0.5) is 0 Å². The summed E-state index contributed by atoms with van der Waals surface area (Å²) < 4.78 is 5.45. The van der Waals surface area contributed by atoms with Crippen LogP contribution < -0.4 is 0 Å². The maximum absolute atomic E-state index is 9.78. The predicted molar refractivity (Wildman–Crippen MR) is 78.3 cm³/mol. The van der Waals surface area contributed by atoms with Crippen LogP contribution in [0, 0.1) is 10.8 Å². The van der Waals surface area contributed by atoms with Gasteiger partial charge in [-0.2, -0.15) is 0 Å². The molecule has 2 saturated heterocycles. The van der Waals surface area contributed by atoms with Gasteiger partial charge in [-0.05, 0) is 44.2 Å². The van der Waals surface area contributed by atoms with E-state index in [9.17, 15) is 5.11 Å². The highest BCUT2D eigenvalue weighted by atomic mass is 16.5. The molecule has 0 aliphatic carbocycles. The third-order valence-electron chi connectivity index (χ3n) is 5.86. The van der Waals surface area contributed by atoms with Gasteiger partial charge in [0.15, 0.2) is 0 Å². The van der Waals surface area contributed by atoms with Gasteiger partial charge in [0.05, 0.1) is 6.61 Å². The second-order valence-electron chi connectivity index (χ2n) is 6.75. The highest BCUT2D eigenvalue weighted by molar-refractivity contribution is 4.89. The average molecular weight is 269 g/mol. The van der Waals surface area contributed by atoms with E-state index in [1.807, 2.05) is 0 Å². The Labute approximate surface area is 118 Å². The summed E-state index contributed by atoms with van der Waals surface area (Å²) in [6.07, 6.45) is 7.34. The molecule has 2 heterocycles. The first-order valence-electron chi connectivity index (χ1n) is 8.08. The fourth-order valence-corrected chi connectivity index (χ4v) is 3.79. The Hall–Kier alpha value is -0.120. The first-order chi connectivity index (χ1) is 9.17. The zero-order valence-electron chi connectivity index (χ0n) is 12.8. The Morgan fingerprint density at radius 3 is 2.00 bits per heavy atom. The summed E-state index contributed by atoms with van der Waals surface area (Å²) in [5.74, 6) is 0. The van der Waals surface area contributed by atoms with Crippen molar-refractivity contribution in [1.82, 2.24) is 4.90 Å². The van der Waals surface area contributed by atoms with Crippen LogP contribution in [0.1, 0.15) is 52.4 Å². The van der Waals surface area contributed by atoms with Gasteiger partial charge in [0.2, 0.25) is 0 Å². The first-order valence-corrected chi connectivity index (χ1v) is 8.08. The fourth-order valence-electron chi connectivity index (χ4n) is 3.79. The molecular weight excluding hydrogens is 238 g/mol. The van der Waals surface area contributed by atoms with Gasteiger partial charge < -0.3 is 14.7 Å². The van der Waals surface area contributed by atoms with Crippen LogP contribution in [0.15, 0.2) is 0 Å². The van der Waals surface area contributed by atoms with Crippen molar-refractivity contribution in [2.24, 2.45) is 10.8 Å². The summed E-state index contributed by atoms with van der Waals surface area (Å²) in [4.78, 5) is 2.59. The van der Waals surface area contributed by atoms with Gasteiger partial charge in [-0.3, -0.25) is 0 Å². The summed E-state index contributed by atoms with van der Waals surface area (Å²) in [6.45, 7) is 10.1. The number of rotatable bonds is 5. The molecule has 0 amide bonds. The van der Waals surface area contributed by atoms with E-state index in [0.717, 1.165) is 32.6 Å². The molecule has 2 rings (SSSR count). The number of likely N-dealkylation sites (tertiary alicyclic amines) is 1. The lowest BCUT2D eigenvalue weighted by molar-refractivity contribution is -0.0435. The van der Waals surface area contributed by atoms with E-state index in [2.05, 4.69) is 18.7 Å². The standard InChI is InChI=1S/C16H31NO2/c1-3-15(4-2)5-9-17(10-6-15)13-16(14-18)7-11-19-12-8-16/h18H,3-14H2,1-2H3. The lowest BCUT2D eigenvalue weighted by atomic mass is 9.73. The van der Waals surface area contributed by atoms with Gasteiger partial charge in [-0.15, -0.1) is 0 Å². The molecule has 0 radical (unpaired) electrons. The molecule has 2 aliphatic heterocycles. The third kappa shape index (κ3) is 3.50. The predicted octanol–water partition coefficient (Wildman–Crippen LogP) is 2.68. The SMILES string of the molecule is CCC1(CC)CCN(CC2(CO)CCOCC2)CC1. The number of hydrogen-bond donors (Lipinski definition) is 1. The summed E-state index contributed by atoms with van der Waals surface area (Å²) in [6, 6.07) is 0. The van der Waals surface area contributed by atoms with Crippen molar-refractivity contribution >= 4 is 0 Å². The first kappa shape index (κ1) is 15.3. The second kappa shape index (κ2) is 6.55. The van der Waals surface area contributed by atoms with Crippen LogP contribution >= 0.6 is 0 Å². The minimum Gasteiger partial charge on any atom is -0.396 e. The maximum Gasteiger partial charge on any atom is 0.0501 e. The second-order valence-corrected chi connectivity index (χ2v) is 6.75. The van der Waals surface area contributed by atoms with Crippen LogP contribution in [-0.4, -0.2) is 49.5 Å². The number of aliphatic hydroxyl groups is 1. The van der Waals surface area contributed by atoms with Gasteiger partial charge in [0.25, 0.3) is 0 Å². The molecular formula is C16H31NO2. The largest absolute Gasteiger partial charge is 0.396 e. The topological polar surface area (TPSA) is 32.7 Å². The minimum absolute atomic E-state index is 0.108. The lowest BCUT2D eigenvalue weighted by Gasteiger charge is -2.45. The van der Waals surface area contributed by atoms with E-state index in [1.54, 1.807) is 0 Å². The molecule has 0 aromatic heterocycles. The fraction of sp³-hybridized carbons (Fsp3) is 1.00. The Morgan fingerprint density at radius 2 is 1.53 bits per heavy atom. The number of hydrogen-bond acceptors (Lipinski definition) is 3. The van der Waals surface area contributed by atoms with Crippen LogP contribution in [0.5, 0.6) is 0 Å². The Balaban J connectivity index is 1.87. The van der Waals surface area contributed by atoms with E-state index in [-0.39, 0.29) is 5.41 Å². The van der Waals surface area contributed by atoms with Crippen molar-refractivity contribution in [1.29, 1.82) is 0 Å². The quantitative estimate of drug-likeness (QED) is 0.833. The summed E-state index contributed by atoms with van der Waals surface area (Å²) >= 11 is 0. The molecule has 0 unspecified atom stereocenters. The zero-order valence-corrected chi connectivity index (χ0v) is 12.8. The summed E-state index contributed by atoms with van der Waals surface area (Å²) in [7, 11) is 0. The molecule has 0 saturated carbocycles. The molecule has 19 heavy (non-hydrogen) atoms. The van der Waals surface area contributed by atoms with Crippen LogP contribution in [0.25, 0.3) is 0 Å². The van der Waals surface area contributed by atoms with Gasteiger partial charge >= 0.3 is 0 Å². The summed E-state index contributed by atoms with van der Waals surface area (Å²) in [5.41, 5.74) is 0.704. The van der Waals surface area contributed by atoms with Crippen molar-refractivity contribution in [3.63, 3.8) is 0 Å². The molecule has 0 spiro atoms. The van der Waals surface area contributed by atoms with Crippen LogP contribution in [-0.2, 0) is 4.74 Å². The molecule has 0 bridgehead atoms. The van der Waals surface area contributed by atoms with Crippen molar-refractivity contribution in [2.75, 3.05) is 39.5 Å². The summed E-state index contributed by atoms with van der Waals surface area (Å²) in [5, 5.41) is 9.78. The molecule has 112 valence electrons. The smallest absolute Gasteiger partial charge is 0.0501 e. The lowest BCUT2D eigenvalue weighted by Crippen LogP contribution is -2.48. The maximum atomic E-state index is 9.78. The highest BCUT2D eigenvalue weighted by Gasteiger charge is 2.37. The molecule has 2 fully saturated rings. The minimum atomic E-state index is 0.108. The van der Waals surface area contributed by atoms with E-state index in [1.165, 1.54) is 38.8 Å². The zero-order chi connectivity index (χ0) is 13.8. The molecule has 0 aromatic carbocycles. The van der Waals surface area contributed by atoms with Gasteiger partial charge in [-0.25, -0.2) is 0 Å². The third-order valence-corrected chi connectivity index (χ3v) is 5.86. The van der Waals surface area contributed by atoms with Crippen molar-refractivity contribution in [3.05, 3.63) is 0 Å². The Morgan fingerprint density at radius 1 is 0.947 bits per heavy atom. The van der Waals surface area contributed by atoms with E-state index < -0.39 is 0 Å². The van der Waals surface area contributed by atoms with E-state index >= 15 is 0 Å². The van der Waals surface area contributed by atoms with Crippen LogP contribution in [0.2, 0.25) is 0 Å². The molecule has 3 nitrogen and oxygen atoms in total. The Bertz CT molecular complexity index is 260. The molecule has 2 aliphatic rings. The van der Waals surface area contributed by atoms with Crippen molar-refractivity contribution < 1.29 is 9.84 Å². The number of nitrogens with zero attached hydrogens (tertiary/aromatic N) is 1. The number of ether oxygens (including phenoxy) is 1. The number of piperidine rings is 1. The van der Waals surface area contributed by atoms with E-state index in [4.69, 9.17) is 4.74 Å². The highest BCUT2D eigenvalue weighted by Crippen LogP contribution is 2.39. The molecule has 0 aromatic rings. The van der Waals surface area contributed by atoms with Crippen LogP contribution in [0.3, 0.4) is 0 Å². The molecule has 1 N–H and O–H groups in total. The van der Waals surface area contributed by atoms with Gasteiger partial charge in [0.1, 0.15) is 0 Å².